The minimum atomic E-state index is -0.252. The fraction of sp³-hybridized carbons (Fsp3) is 0.143. The van der Waals surface area contributed by atoms with Crippen molar-refractivity contribution in [3.63, 3.8) is 0 Å². The molecule has 2 aromatic heterocycles. The number of amides is 1. The van der Waals surface area contributed by atoms with Gasteiger partial charge in [0.1, 0.15) is 11.4 Å². The number of halogens is 1. The van der Waals surface area contributed by atoms with E-state index in [-0.39, 0.29) is 5.91 Å². The molecule has 1 N–H and O–H groups in total. The predicted molar refractivity (Wildman–Crippen MR) is 109 cm³/mol. The van der Waals surface area contributed by atoms with E-state index in [1.54, 1.807) is 6.20 Å². The van der Waals surface area contributed by atoms with Crippen LogP contribution in [0.4, 0.5) is 5.69 Å². The van der Waals surface area contributed by atoms with Crippen molar-refractivity contribution in [2.24, 2.45) is 0 Å². The van der Waals surface area contributed by atoms with Crippen LogP contribution in [-0.4, -0.2) is 15.5 Å². The molecule has 0 radical (unpaired) electrons. The summed E-state index contributed by atoms with van der Waals surface area (Å²) in [5.74, 6) is 1.05. The molecule has 136 valence electrons. The highest BCUT2D eigenvalue weighted by Crippen LogP contribution is 2.28. The van der Waals surface area contributed by atoms with Crippen LogP contribution in [0.2, 0.25) is 0 Å². The zero-order chi connectivity index (χ0) is 19.0. The monoisotopic (exact) mass is 423 g/mol. The minimum Gasteiger partial charge on any atom is -0.451 e. The highest BCUT2D eigenvalue weighted by atomic mass is 79.9. The Hall–Kier alpha value is -2.86. The highest BCUT2D eigenvalue weighted by Gasteiger charge is 2.18. The summed E-state index contributed by atoms with van der Waals surface area (Å²) in [6.07, 6.45) is 3.74. The van der Waals surface area contributed by atoms with Crippen molar-refractivity contribution in [1.82, 2.24) is 9.55 Å². The first-order valence-corrected chi connectivity index (χ1v) is 9.37. The van der Waals surface area contributed by atoms with Crippen molar-refractivity contribution in [2.75, 3.05) is 5.32 Å². The molecule has 4 rings (SSSR count). The van der Waals surface area contributed by atoms with Gasteiger partial charge in [0.05, 0.1) is 0 Å². The van der Waals surface area contributed by atoms with Crippen LogP contribution >= 0.6 is 15.9 Å². The van der Waals surface area contributed by atoms with Crippen LogP contribution in [0.25, 0.3) is 11.0 Å². The summed E-state index contributed by atoms with van der Waals surface area (Å²) in [6, 6.07) is 13.5. The number of hydrogen-bond donors (Lipinski definition) is 1. The van der Waals surface area contributed by atoms with E-state index in [2.05, 4.69) is 30.8 Å². The second-order valence-electron chi connectivity index (χ2n) is 6.45. The van der Waals surface area contributed by atoms with Crippen LogP contribution < -0.4 is 5.32 Å². The van der Waals surface area contributed by atoms with Gasteiger partial charge in [-0.2, -0.15) is 0 Å². The van der Waals surface area contributed by atoms with Gasteiger partial charge in [0.15, 0.2) is 5.76 Å². The van der Waals surface area contributed by atoms with Crippen LogP contribution in [0.5, 0.6) is 0 Å². The van der Waals surface area contributed by atoms with E-state index in [1.807, 2.05) is 62.5 Å². The molecule has 1 amide bonds. The molecular weight excluding hydrogens is 406 g/mol. The fourth-order valence-electron chi connectivity index (χ4n) is 3.06. The molecule has 0 spiro atoms. The Morgan fingerprint density at radius 3 is 2.67 bits per heavy atom. The number of imidazole rings is 1. The summed E-state index contributed by atoms with van der Waals surface area (Å²) in [5, 5.41) is 3.84. The van der Waals surface area contributed by atoms with E-state index < -0.39 is 0 Å². The number of aryl methyl sites for hydroxylation is 2. The van der Waals surface area contributed by atoms with E-state index in [1.165, 1.54) is 0 Å². The zero-order valence-corrected chi connectivity index (χ0v) is 16.6. The molecule has 0 aliphatic heterocycles. The third-order valence-corrected chi connectivity index (χ3v) is 5.09. The summed E-state index contributed by atoms with van der Waals surface area (Å²) >= 11 is 3.45. The molecule has 0 aliphatic rings. The van der Waals surface area contributed by atoms with Gasteiger partial charge in [0.2, 0.25) is 0 Å². The lowest BCUT2D eigenvalue weighted by Crippen LogP contribution is -2.12. The molecule has 4 aromatic rings. The molecule has 2 aromatic carbocycles. The Balaban J connectivity index is 1.51. The Kier molecular flexibility index (Phi) is 4.58. The van der Waals surface area contributed by atoms with E-state index in [9.17, 15) is 4.79 Å². The minimum absolute atomic E-state index is 0.252. The molecule has 0 aliphatic carbocycles. The first-order chi connectivity index (χ1) is 13.0. The van der Waals surface area contributed by atoms with Gasteiger partial charge in [-0.3, -0.25) is 4.79 Å². The molecular formula is C21H18BrN3O2. The average Bonchev–Trinajstić information content (AvgIpc) is 3.20. The molecule has 27 heavy (non-hydrogen) atoms. The number of nitrogens with zero attached hydrogens (tertiary/aromatic N) is 2. The van der Waals surface area contributed by atoms with Crippen LogP contribution in [0.1, 0.15) is 27.5 Å². The quantitative estimate of drug-likeness (QED) is 0.483. The van der Waals surface area contributed by atoms with E-state index >= 15 is 0 Å². The van der Waals surface area contributed by atoms with E-state index in [0.29, 0.717) is 11.3 Å². The van der Waals surface area contributed by atoms with Gasteiger partial charge in [-0.25, -0.2) is 4.98 Å². The normalized spacial score (nSPS) is 11.1. The highest BCUT2D eigenvalue weighted by molar-refractivity contribution is 9.10. The molecule has 0 fully saturated rings. The number of carbonyl (C=O) groups excluding carboxylic acids is 1. The number of fused-ring (bicyclic) bond motifs is 1. The summed E-state index contributed by atoms with van der Waals surface area (Å²) in [7, 11) is 0. The molecule has 0 unspecified atom stereocenters. The van der Waals surface area contributed by atoms with Crippen molar-refractivity contribution < 1.29 is 9.21 Å². The van der Waals surface area contributed by atoms with Crippen molar-refractivity contribution in [3.05, 3.63) is 82.0 Å². The first kappa shape index (κ1) is 17.5. The van der Waals surface area contributed by atoms with E-state index in [4.69, 9.17) is 4.42 Å². The summed E-state index contributed by atoms with van der Waals surface area (Å²) in [5.41, 5.74) is 3.40. The molecule has 0 saturated carbocycles. The van der Waals surface area contributed by atoms with Gasteiger partial charge in [0, 0.05) is 40.0 Å². The maximum absolute atomic E-state index is 12.6. The van der Waals surface area contributed by atoms with Crippen molar-refractivity contribution >= 4 is 38.5 Å². The van der Waals surface area contributed by atoms with Gasteiger partial charge in [-0.1, -0.05) is 28.1 Å². The average molecular weight is 424 g/mol. The predicted octanol–water partition coefficient (Wildman–Crippen LogP) is 5.31. The third-order valence-electron chi connectivity index (χ3n) is 4.59. The summed E-state index contributed by atoms with van der Waals surface area (Å²) < 4.78 is 8.78. The SMILES string of the molecule is Cc1c(C(=O)Nc2ccc(Cn3ccnc3C)cc2)oc2ccc(Br)cc12. The number of rotatable bonds is 4. The molecule has 0 atom stereocenters. The number of carbonyl (C=O) groups is 1. The van der Waals surface area contributed by atoms with Crippen LogP contribution in [0.15, 0.2) is 63.7 Å². The smallest absolute Gasteiger partial charge is 0.291 e. The molecule has 2 heterocycles. The second-order valence-corrected chi connectivity index (χ2v) is 7.37. The number of nitrogens with one attached hydrogen (secondary N) is 1. The Morgan fingerprint density at radius 1 is 1.19 bits per heavy atom. The van der Waals surface area contributed by atoms with Crippen molar-refractivity contribution in [2.45, 2.75) is 20.4 Å². The van der Waals surface area contributed by atoms with Crippen LogP contribution in [0.3, 0.4) is 0 Å². The van der Waals surface area contributed by atoms with Gasteiger partial charge < -0.3 is 14.3 Å². The van der Waals surface area contributed by atoms with Crippen LogP contribution in [-0.2, 0) is 6.54 Å². The molecule has 5 nitrogen and oxygen atoms in total. The molecule has 6 heteroatoms. The number of anilines is 1. The summed E-state index contributed by atoms with van der Waals surface area (Å²) in [4.78, 5) is 16.9. The number of aromatic nitrogens is 2. The number of furan rings is 1. The lowest BCUT2D eigenvalue weighted by molar-refractivity contribution is 0.0998. The van der Waals surface area contributed by atoms with Gasteiger partial charge in [0.25, 0.3) is 5.91 Å². The van der Waals surface area contributed by atoms with Gasteiger partial charge in [-0.15, -0.1) is 0 Å². The first-order valence-electron chi connectivity index (χ1n) is 8.58. The molecule has 0 bridgehead atoms. The zero-order valence-electron chi connectivity index (χ0n) is 15.0. The number of benzene rings is 2. The Morgan fingerprint density at radius 2 is 1.96 bits per heavy atom. The van der Waals surface area contributed by atoms with Crippen molar-refractivity contribution in [3.8, 4) is 0 Å². The van der Waals surface area contributed by atoms with Gasteiger partial charge >= 0.3 is 0 Å². The maximum Gasteiger partial charge on any atom is 0.291 e. The number of hydrogen-bond acceptors (Lipinski definition) is 3. The van der Waals surface area contributed by atoms with Gasteiger partial charge in [-0.05, 0) is 49.7 Å². The van der Waals surface area contributed by atoms with Crippen molar-refractivity contribution in [1.29, 1.82) is 0 Å². The lowest BCUT2D eigenvalue weighted by Gasteiger charge is -2.07. The topological polar surface area (TPSA) is 60.1 Å². The van der Waals surface area contributed by atoms with E-state index in [0.717, 1.165) is 39.0 Å². The third kappa shape index (κ3) is 3.53. The largest absolute Gasteiger partial charge is 0.451 e. The Labute approximate surface area is 165 Å². The second kappa shape index (κ2) is 7.04. The Bertz CT molecular complexity index is 1130. The summed E-state index contributed by atoms with van der Waals surface area (Å²) in [6.45, 7) is 4.62. The van der Waals surface area contributed by atoms with Crippen LogP contribution in [0, 0.1) is 13.8 Å². The fourth-order valence-corrected chi connectivity index (χ4v) is 3.42. The molecule has 0 saturated heterocycles. The lowest BCUT2D eigenvalue weighted by atomic mass is 10.1. The maximum atomic E-state index is 12.6. The standard InChI is InChI=1S/C21H18BrN3O2/c1-13-18-11-16(22)5-8-19(18)27-20(13)21(26)24-17-6-3-15(4-7-17)12-25-10-9-23-14(25)2/h3-11H,12H2,1-2H3,(H,24,26).